The molecule has 1 aromatic carbocycles. The molecule has 0 aliphatic carbocycles. The van der Waals surface area contributed by atoms with Crippen molar-refractivity contribution in [1.29, 1.82) is 0 Å². The van der Waals surface area contributed by atoms with Crippen LogP contribution in [0, 0.1) is 10.1 Å². The van der Waals surface area contributed by atoms with Gasteiger partial charge in [0.15, 0.2) is 0 Å². The fraction of sp³-hybridized carbons (Fsp3) is 0.438. The van der Waals surface area contributed by atoms with Crippen LogP contribution in [0.5, 0.6) is 0 Å². The third kappa shape index (κ3) is 5.87. The van der Waals surface area contributed by atoms with Gasteiger partial charge in [0.1, 0.15) is 0 Å². The van der Waals surface area contributed by atoms with Gasteiger partial charge in [0.2, 0.25) is 5.91 Å². The van der Waals surface area contributed by atoms with Crippen molar-refractivity contribution < 1.29 is 24.4 Å². The molecule has 9 nitrogen and oxygen atoms in total. The lowest BCUT2D eigenvalue weighted by atomic mass is 10.1. The van der Waals surface area contributed by atoms with Gasteiger partial charge >= 0.3 is 5.97 Å². The first-order chi connectivity index (χ1) is 11.8. The summed E-state index contributed by atoms with van der Waals surface area (Å²) >= 11 is 0. The van der Waals surface area contributed by atoms with Gasteiger partial charge in [0.05, 0.1) is 17.0 Å². The summed E-state index contributed by atoms with van der Waals surface area (Å²) in [4.78, 5) is 47.1. The number of rotatable bonds is 9. The Hall–Kier alpha value is -2.97. The predicted molar refractivity (Wildman–Crippen MR) is 89.6 cm³/mol. The van der Waals surface area contributed by atoms with Crippen LogP contribution in [-0.2, 0) is 4.79 Å². The number of amides is 2. The summed E-state index contributed by atoms with van der Waals surface area (Å²) in [6, 6.07) is 2.98. The number of carboxylic acids is 1. The standard InChI is InChI=1S/C16H21N3O6/c1-3-5-17-14(20)10-18(6-4-2)15(21)11-7-12(16(22)23)9-13(8-11)19(24)25/h7-9H,3-6,10H2,1-2H3,(H,17,20)(H,22,23). The average molecular weight is 351 g/mol. The monoisotopic (exact) mass is 351 g/mol. The van der Waals surface area contributed by atoms with Crippen LogP contribution in [-0.4, -0.2) is 52.3 Å². The summed E-state index contributed by atoms with van der Waals surface area (Å²) in [6.45, 7) is 4.26. The van der Waals surface area contributed by atoms with Crippen LogP contribution in [0.4, 0.5) is 5.69 Å². The summed E-state index contributed by atoms with van der Waals surface area (Å²) in [5.41, 5.74) is -0.983. The topological polar surface area (TPSA) is 130 Å². The van der Waals surface area contributed by atoms with E-state index in [1.807, 2.05) is 13.8 Å². The molecule has 1 rings (SSSR count). The van der Waals surface area contributed by atoms with E-state index in [0.29, 0.717) is 13.0 Å². The Morgan fingerprint density at radius 2 is 1.80 bits per heavy atom. The highest BCUT2D eigenvalue weighted by Crippen LogP contribution is 2.19. The number of carbonyl (C=O) groups is 3. The molecule has 1 aromatic rings. The Morgan fingerprint density at radius 1 is 1.16 bits per heavy atom. The lowest BCUT2D eigenvalue weighted by molar-refractivity contribution is -0.384. The maximum atomic E-state index is 12.6. The Labute approximate surface area is 144 Å². The second kappa shape index (κ2) is 9.36. The SMILES string of the molecule is CCCNC(=O)CN(CCC)C(=O)c1cc(C(=O)O)cc([N+](=O)[O-])c1. The molecule has 0 saturated carbocycles. The van der Waals surface area contributed by atoms with Crippen LogP contribution in [0.15, 0.2) is 18.2 Å². The van der Waals surface area contributed by atoms with Gasteiger partial charge in [-0.25, -0.2) is 4.79 Å². The van der Waals surface area contributed by atoms with Crippen LogP contribution >= 0.6 is 0 Å². The van der Waals surface area contributed by atoms with Crippen molar-refractivity contribution in [2.24, 2.45) is 0 Å². The minimum atomic E-state index is -1.37. The maximum absolute atomic E-state index is 12.6. The molecule has 0 saturated heterocycles. The molecule has 0 aliphatic heterocycles. The summed E-state index contributed by atoms with van der Waals surface area (Å²) in [6.07, 6.45) is 1.33. The Morgan fingerprint density at radius 3 is 2.32 bits per heavy atom. The van der Waals surface area contributed by atoms with Crippen molar-refractivity contribution >= 4 is 23.5 Å². The predicted octanol–water partition coefficient (Wildman–Crippen LogP) is 1.67. The minimum Gasteiger partial charge on any atom is -0.478 e. The van der Waals surface area contributed by atoms with Gasteiger partial charge in [-0.1, -0.05) is 13.8 Å². The molecule has 0 unspecified atom stereocenters. The fourth-order valence-electron chi connectivity index (χ4n) is 2.16. The van der Waals surface area contributed by atoms with Crippen molar-refractivity contribution in [3.8, 4) is 0 Å². The number of carbonyl (C=O) groups excluding carboxylic acids is 2. The van der Waals surface area contributed by atoms with Crippen LogP contribution in [0.1, 0.15) is 47.4 Å². The van der Waals surface area contributed by atoms with E-state index in [2.05, 4.69) is 5.32 Å². The molecule has 2 N–H and O–H groups in total. The number of nitrogens with zero attached hydrogens (tertiary/aromatic N) is 2. The molecular formula is C16H21N3O6. The molecule has 9 heteroatoms. The van der Waals surface area contributed by atoms with Crippen LogP contribution in [0.25, 0.3) is 0 Å². The van der Waals surface area contributed by atoms with Crippen molar-refractivity contribution in [3.05, 3.63) is 39.4 Å². The molecule has 0 heterocycles. The second-order valence-corrected chi connectivity index (χ2v) is 5.41. The molecule has 136 valence electrons. The molecule has 0 fully saturated rings. The molecule has 0 bridgehead atoms. The number of nitro groups is 1. The van der Waals surface area contributed by atoms with E-state index in [0.717, 1.165) is 24.6 Å². The second-order valence-electron chi connectivity index (χ2n) is 5.41. The third-order valence-electron chi connectivity index (χ3n) is 3.31. The Kier molecular flexibility index (Phi) is 7.51. The lowest BCUT2D eigenvalue weighted by Crippen LogP contribution is -2.41. The lowest BCUT2D eigenvalue weighted by Gasteiger charge is -2.21. The number of hydrogen-bond donors (Lipinski definition) is 2. The number of benzene rings is 1. The van der Waals surface area contributed by atoms with Gasteiger partial charge in [-0.05, 0) is 18.9 Å². The van der Waals surface area contributed by atoms with E-state index in [9.17, 15) is 24.5 Å². The number of aromatic carboxylic acids is 1. The van der Waals surface area contributed by atoms with Gasteiger partial charge in [0, 0.05) is 30.8 Å². The van der Waals surface area contributed by atoms with E-state index in [4.69, 9.17) is 5.11 Å². The van der Waals surface area contributed by atoms with E-state index in [1.54, 1.807) is 0 Å². The Bertz CT molecular complexity index is 642. The van der Waals surface area contributed by atoms with Gasteiger partial charge in [-0.15, -0.1) is 0 Å². The minimum absolute atomic E-state index is 0.136. The number of non-ortho nitro benzene ring substituents is 1. The van der Waals surface area contributed by atoms with Crippen LogP contribution in [0.2, 0.25) is 0 Å². The van der Waals surface area contributed by atoms with Crippen molar-refractivity contribution in [3.63, 3.8) is 0 Å². The first-order valence-electron chi connectivity index (χ1n) is 7.88. The zero-order valence-corrected chi connectivity index (χ0v) is 14.2. The molecule has 0 aromatic heterocycles. The smallest absolute Gasteiger partial charge is 0.335 e. The normalized spacial score (nSPS) is 10.2. The van der Waals surface area contributed by atoms with Crippen molar-refractivity contribution in [2.75, 3.05) is 19.6 Å². The summed E-state index contributed by atoms with van der Waals surface area (Å²) in [5, 5.41) is 22.7. The molecule has 0 radical (unpaired) electrons. The highest BCUT2D eigenvalue weighted by Gasteiger charge is 2.22. The van der Waals surface area contributed by atoms with Crippen molar-refractivity contribution in [2.45, 2.75) is 26.7 Å². The third-order valence-corrected chi connectivity index (χ3v) is 3.31. The molecule has 0 aliphatic rings. The van der Waals surface area contributed by atoms with Crippen molar-refractivity contribution in [1.82, 2.24) is 10.2 Å². The van der Waals surface area contributed by atoms with Gasteiger partial charge in [-0.2, -0.15) is 0 Å². The quantitative estimate of drug-likeness (QED) is 0.514. The van der Waals surface area contributed by atoms with Crippen LogP contribution in [0.3, 0.4) is 0 Å². The number of carboxylic acid groups (broad SMARTS) is 1. The van der Waals surface area contributed by atoms with Crippen LogP contribution < -0.4 is 5.32 Å². The fourth-order valence-corrected chi connectivity index (χ4v) is 2.16. The summed E-state index contributed by atoms with van der Waals surface area (Å²) in [5.74, 6) is -2.34. The van der Waals surface area contributed by atoms with Gasteiger partial charge in [-0.3, -0.25) is 19.7 Å². The summed E-state index contributed by atoms with van der Waals surface area (Å²) in [7, 11) is 0. The van der Waals surface area contributed by atoms with E-state index < -0.39 is 22.5 Å². The molecule has 25 heavy (non-hydrogen) atoms. The first-order valence-corrected chi connectivity index (χ1v) is 7.88. The molecule has 0 atom stereocenters. The maximum Gasteiger partial charge on any atom is 0.335 e. The molecule has 2 amide bonds. The summed E-state index contributed by atoms with van der Waals surface area (Å²) < 4.78 is 0. The first kappa shape index (κ1) is 20.1. The highest BCUT2D eigenvalue weighted by molar-refractivity contribution is 5.99. The highest BCUT2D eigenvalue weighted by atomic mass is 16.6. The van der Waals surface area contributed by atoms with Gasteiger partial charge in [0.25, 0.3) is 11.6 Å². The average Bonchev–Trinajstić information content (AvgIpc) is 2.58. The molecular weight excluding hydrogens is 330 g/mol. The number of nitro benzene ring substituents is 1. The zero-order chi connectivity index (χ0) is 19.0. The zero-order valence-electron chi connectivity index (χ0n) is 14.2. The number of hydrogen-bond acceptors (Lipinski definition) is 5. The van der Waals surface area contributed by atoms with E-state index in [1.165, 1.54) is 4.90 Å². The molecule has 0 spiro atoms. The Balaban J connectivity index is 3.12. The largest absolute Gasteiger partial charge is 0.478 e. The van der Waals surface area contributed by atoms with Gasteiger partial charge < -0.3 is 15.3 Å². The van der Waals surface area contributed by atoms with E-state index in [-0.39, 0.29) is 30.1 Å². The number of nitrogens with one attached hydrogen (secondary N) is 1. The van der Waals surface area contributed by atoms with E-state index >= 15 is 0 Å².